The molecule has 0 aliphatic rings. The highest BCUT2D eigenvalue weighted by Crippen LogP contribution is 2.20. The zero-order valence-corrected chi connectivity index (χ0v) is 8.32. The van der Waals surface area contributed by atoms with Crippen molar-refractivity contribution < 1.29 is 14.6 Å². The molecule has 3 nitrogen and oxygen atoms in total. The average Bonchev–Trinajstić information content (AvgIpc) is 2.04. The molecule has 0 heterocycles. The van der Waals surface area contributed by atoms with Gasteiger partial charge in [0.2, 0.25) is 0 Å². The Bertz CT molecular complexity index is 285. The first kappa shape index (κ1) is 9.31. The van der Waals surface area contributed by atoms with Crippen molar-refractivity contribution in [2.75, 3.05) is 0 Å². The Morgan fingerprint density at radius 2 is 2.17 bits per heavy atom. The molecule has 0 aromatic heterocycles. The Kier molecular flexibility index (Phi) is 3.33. The predicted octanol–water partition coefficient (Wildman–Crippen LogP) is 2.68. The average molecular weight is 278 g/mol. The van der Waals surface area contributed by atoms with E-state index in [1.165, 1.54) is 0 Å². The molecule has 4 heteroatoms. The summed E-state index contributed by atoms with van der Waals surface area (Å²) in [6, 6.07) is 7.07. The molecule has 0 spiro atoms. The lowest BCUT2D eigenvalue weighted by atomic mass is 10.2. The summed E-state index contributed by atoms with van der Waals surface area (Å²) in [6.07, 6.45) is -1.27. The van der Waals surface area contributed by atoms with Crippen LogP contribution in [-0.4, -0.2) is 11.3 Å². The molecule has 0 saturated carbocycles. The standard InChI is InChI=1S/C8H7IO3/c9-5-6-3-1-2-4-7(6)12-8(10)11/h1-4H,5H2,(H,10,11). The summed E-state index contributed by atoms with van der Waals surface area (Å²) >= 11 is 2.15. The molecule has 0 atom stereocenters. The summed E-state index contributed by atoms with van der Waals surface area (Å²) in [7, 11) is 0. The van der Waals surface area contributed by atoms with Gasteiger partial charge in [0.1, 0.15) is 5.75 Å². The minimum absolute atomic E-state index is 0.416. The Morgan fingerprint density at radius 1 is 1.50 bits per heavy atom. The van der Waals surface area contributed by atoms with Crippen molar-refractivity contribution in [2.24, 2.45) is 0 Å². The van der Waals surface area contributed by atoms with Crippen molar-refractivity contribution in [1.82, 2.24) is 0 Å². The van der Waals surface area contributed by atoms with Crippen LogP contribution in [0.4, 0.5) is 4.79 Å². The fourth-order valence-corrected chi connectivity index (χ4v) is 1.44. The quantitative estimate of drug-likeness (QED) is 0.391. The van der Waals surface area contributed by atoms with E-state index >= 15 is 0 Å². The van der Waals surface area contributed by atoms with Crippen molar-refractivity contribution in [3.63, 3.8) is 0 Å². The molecule has 64 valence electrons. The number of hydrogen-bond donors (Lipinski definition) is 1. The first-order valence-electron chi connectivity index (χ1n) is 3.28. The number of rotatable bonds is 2. The van der Waals surface area contributed by atoms with Crippen LogP contribution in [-0.2, 0) is 4.43 Å². The van der Waals surface area contributed by atoms with Gasteiger partial charge in [-0.3, -0.25) is 0 Å². The molecular formula is C8H7IO3. The number of para-hydroxylation sites is 1. The van der Waals surface area contributed by atoms with Crippen molar-refractivity contribution in [3.05, 3.63) is 29.8 Å². The van der Waals surface area contributed by atoms with E-state index in [0.717, 1.165) is 9.99 Å². The number of halogens is 1. The molecule has 1 N–H and O–H groups in total. The number of alkyl halides is 1. The van der Waals surface area contributed by atoms with Gasteiger partial charge >= 0.3 is 6.16 Å². The fourth-order valence-electron chi connectivity index (χ4n) is 0.808. The molecule has 0 bridgehead atoms. The summed E-state index contributed by atoms with van der Waals surface area (Å²) in [5.74, 6) is 0.416. The molecule has 0 aliphatic heterocycles. The normalized spacial score (nSPS) is 9.42. The second-order valence-electron chi connectivity index (χ2n) is 2.11. The van der Waals surface area contributed by atoms with E-state index in [-0.39, 0.29) is 0 Å². The van der Waals surface area contributed by atoms with Gasteiger partial charge in [-0.15, -0.1) is 0 Å². The zero-order valence-electron chi connectivity index (χ0n) is 6.16. The Hall–Kier alpha value is -0.780. The van der Waals surface area contributed by atoms with Gasteiger partial charge in [0.25, 0.3) is 0 Å². The summed E-state index contributed by atoms with van der Waals surface area (Å²) in [6.45, 7) is 0. The maximum Gasteiger partial charge on any atom is 0.511 e. The molecule has 1 aromatic carbocycles. The molecule has 0 saturated heterocycles. The van der Waals surface area contributed by atoms with Gasteiger partial charge in [0.05, 0.1) is 0 Å². The molecular weight excluding hydrogens is 271 g/mol. The van der Waals surface area contributed by atoms with Gasteiger partial charge in [0, 0.05) is 9.99 Å². The molecule has 12 heavy (non-hydrogen) atoms. The van der Waals surface area contributed by atoms with E-state index < -0.39 is 6.16 Å². The third kappa shape index (κ3) is 2.37. The van der Waals surface area contributed by atoms with Crippen LogP contribution in [0.5, 0.6) is 5.75 Å². The lowest BCUT2D eigenvalue weighted by molar-refractivity contribution is 0.144. The van der Waals surface area contributed by atoms with Crippen molar-refractivity contribution in [2.45, 2.75) is 4.43 Å². The Morgan fingerprint density at radius 3 is 2.75 bits per heavy atom. The van der Waals surface area contributed by atoms with Gasteiger partial charge in [0.15, 0.2) is 0 Å². The van der Waals surface area contributed by atoms with Gasteiger partial charge < -0.3 is 9.84 Å². The van der Waals surface area contributed by atoms with Crippen LogP contribution in [0.2, 0.25) is 0 Å². The minimum atomic E-state index is -1.27. The van der Waals surface area contributed by atoms with Crippen LogP contribution in [0.3, 0.4) is 0 Å². The number of benzene rings is 1. The topological polar surface area (TPSA) is 46.5 Å². The van der Waals surface area contributed by atoms with E-state index in [9.17, 15) is 4.79 Å². The molecule has 0 unspecified atom stereocenters. The largest absolute Gasteiger partial charge is 0.511 e. The van der Waals surface area contributed by atoms with Crippen molar-refractivity contribution in [3.8, 4) is 5.75 Å². The monoisotopic (exact) mass is 278 g/mol. The third-order valence-electron chi connectivity index (χ3n) is 1.31. The summed E-state index contributed by atoms with van der Waals surface area (Å²) in [5, 5.41) is 8.36. The molecule has 1 rings (SSSR count). The first-order valence-corrected chi connectivity index (χ1v) is 4.81. The number of ether oxygens (including phenoxy) is 1. The smallest absolute Gasteiger partial charge is 0.449 e. The zero-order chi connectivity index (χ0) is 8.97. The third-order valence-corrected chi connectivity index (χ3v) is 2.14. The number of hydrogen-bond acceptors (Lipinski definition) is 2. The lowest BCUT2D eigenvalue weighted by Gasteiger charge is -2.03. The maximum absolute atomic E-state index is 10.2. The van der Waals surface area contributed by atoms with Gasteiger partial charge in [-0.2, -0.15) is 0 Å². The fraction of sp³-hybridized carbons (Fsp3) is 0.125. The van der Waals surface area contributed by atoms with Crippen LogP contribution in [0.1, 0.15) is 5.56 Å². The van der Waals surface area contributed by atoms with E-state index in [4.69, 9.17) is 5.11 Å². The van der Waals surface area contributed by atoms with Gasteiger partial charge in [-0.05, 0) is 6.07 Å². The van der Waals surface area contributed by atoms with E-state index in [2.05, 4.69) is 27.3 Å². The van der Waals surface area contributed by atoms with Crippen molar-refractivity contribution in [1.29, 1.82) is 0 Å². The molecule has 0 fully saturated rings. The maximum atomic E-state index is 10.2. The lowest BCUT2D eigenvalue weighted by Crippen LogP contribution is -2.04. The Labute approximate surface area is 83.5 Å². The highest BCUT2D eigenvalue weighted by atomic mass is 127. The summed E-state index contributed by atoms with van der Waals surface area (Å²) in [5.41, 5.74) is 0.889. The number of carbonyl (C=O) groups is 1. The summed E-state index contributed by atoms with van der Waals surface area (Å²) < 4.78 is 5.29. The van der Waals surface area contributed by atoms with Crippen molar-refractivity contribution >= 4 is 28.7 Å². The minimum Gasteiger partial charge on any atom is -0.449 e. The predicted molar refractivity (Wildman–Crippen MR) is 52.8 cm³/mol. The van der Waals surface area contributed by atoms with E-state index in [1.807, 2.05) is 12.1 Å². The van der Waals surface area contributed by atoms with Gasteiger partial charge in [-0.1, -0.05) is 40.8 Å². The summed E-state index contributed by atoms with van der Waals surface area (Å²) in [4.78, 5) is 10.2. The molecule has 1 aromatic rings. The Balaban J connectivity index is 2.89. The molecule has 0 amide bonds. The van der Waals surface area contributed by atoms with Crippen LogP contribution in [0.15, 0.2) is 24.3 Å². The molecule has 0 radical (unpaired) electrons. The highest BCUT2D eigenvalue weighted by Gasteiger charge is 2.04. The second-order valence-corrected chi connectivity index (χ2v) is 2.87. The van der Waals surface area contributed by atoms with Gasteiger partial charge in [-0.25, -0.2) is 4.79 Å². The number of carboxylic acid groups (broad SMARTS) is 1. The van der Waals surface area contributed by atoms with Crippen LogP contribution in [0.25, 0.3) is 0 Å². The SMILES string of the molecule is O=C(O)Oc1ccccc1CI. The van der Waals surface area contributed by atoms with E-state index in [0.29, 0.717) is 5.75 Å². The van der Waals surface area contributed by atoms with Crippen LogP contribution >= 0.6 is 22.6 Å². The van der Waals surface area contributed by atoms with Crippen LogP contribution in [0, 0.1) is 0 Å². The first-order chi connectivity index (χ1) is 5.74. The van der Waals surface area contributed by atoms with Crippen LogP contribution < -0.4 is 4.74 Å². The van der Waals surface area contributed by atoms with E-state index in [1.54, 1.807) is 12.1 Å². The highest BCUT2D eigenvalue weighted by molar-refractivity contribution is 14.1. The molecule has 0 aliphatic carbocycles. The second kappa shape index (κ2) is 4.30.